The van der Waals surface area contributed by atoms with Crippen LogP contribution >= 0.6 is 0 Å². The van der Waals surface area contributed by atoms with E-state index in [2.05, 4.69) is 24.9 Å². The molecule has 1 fully saturated rings. The summed E-state index contributed by atoms with van der Waals surface area (Å²) >= 11 is 0. The molecule has 138 valence electrons. The monoisotopic (exact) mass is 363 g/mol. The van der Waals surface area contributed by atoms with Crippen LogP contribution in [0.1, 0.15) is 40.6 Å². The Morgan fingerprint density at radius 1 is 1.04 bits per heavy atom. The van der Waals surface area contributed by atoms with Crippen LogP contribution in [0.4, 0.5) is 0 Å². The van der Waals surface area contributed by atoms with E-state index in [1.54, 1.807) is 31.1 Å². The Balaban J connectivity index is 1.50. The van der Waals surface area contributed by atoms with Crippen LogP contribution in [-0.2, 0) is 7.05 Å². The van der Waals surface area contributed by atoms with Crippen molar-refractivity contribution in [1.29, 1.82) is 0 Å². The van der Waals surface area contributed by atoms with Gasteiger partial charge in [0.15, 0.2) is 0 Å². The number of piperidine rings is 1. The van der Waals surface area contributed by atoms with E-state index in [1.807, 2.05) is 29.6 Å². The van der Waals surface area contributed by atoms with Gasteiger partial charge in [-0.05, 0) is 19.8 Å². The molecule has 3 aromatic heterocycles. The zero-order valence-electron chi connectivity index (χ0n) is 15.4. The van der Waals surface area contributed by atoms with Gasteiger partial charge in [-0.2, -0.15) is 0 Å². The summed E-state index contributed by atoms with van der Waals surface area (Å²) < 4.78 is 1.95. The van der Waals surface area contributed by atoms with E-state index in [4.69, 9.17) is 0 Å². The minimum absolute atomic E-state index is 0.0630. The standard InChI is InChI=1S/C19H21N7O/c1-13-9-24-15(10-23-13)19(27)26-7-3-14(4-8-26)17-18(22-6-5-21-17)16-11-20-12-25(16)2/h5-6,9-12,14H,3-4,7-8H2,1-2H3. The second-order valence-electron chi connectivity index (χ2n) is 6.79. The smallest absolute Gasteiger partial charge is 0.274 e. The topological polar surface area (TPSA) is 89.7 Å². The van der Waals surface area contributed by atoms with E-state index in [0.717, 1.165) is 35.6 Å². The highest BCUT2D eigenvalue weighted by Crippen LogP contribution is 2.32. The summed E-state index contributed by atoms with van der Waals surface area (Å²) in [5.41, 5.74) is 3.99. The van der Waals surface area contributed by atoms with Crippen molar-refractivity contribution in [2.75, 3.05) is 13.1 Å². The van der Waals surface area contributed by atoms with Crippen molar-refractivity contribution in [3.05, 3.63) is 54.4 Å². The zero-order chi connectivity index (χ0) is 18.8. The van der Waals surface area contributed by atoms with E-state index < -0.39 is 0 Å². The van der Waals surface area contributed by atoms with Crippen molar-refractivity contribution in [2.45, 2.75) is 25.7 Å². The summed E-state index contributed by atoms with van der Waals surface area (Å²) in [5.74, 6) is 0.198. The number of aryl methyl sites for hydroxylation is 2. The predicted molar refractivity (Wildman–Crippen MR) is 98.9 cm³/mol. The Morgan fingerprint density at radius 3 is 2.48 bits per heavy atom. The van der Waals surface area contributed by atoms with Crippen molar-refractivity contribution in [3.8, 4) is 11.4 Å². The highest BCUT2D eigenvalue weighted by molar-refractivity contribution is 5.92. The van der Waals surface area contributed by atoms with Gasteiger partial charge < -0.3 is 9.47 Å². The molecule has 1 saturated heterocycles. The van der Waals surface area contributed by atoms with Crippen LogP contribution < -0.4 is 0 Å². The normalized spacial score (nSPS) is 15.1. The molecule has 3 aromatic rings. The lowest BCUT2D eigenvalue weighted by molar-refractivity contribution is 0.0705. The van der Waals surface area contributed by atoms with Crippen LogP contribution in [0.25, 0.3) is 11.4 Å². The lowest BCUT2D eigenvalue weighted by Gasteiger charge is -2.32. The van der Waals surface area contributed by atoms with Gasteiger partial charge in [0, 0.05) is 44.6 Å². The lowest BCUT2D eigenvalue weighted by atomic mass is 9.91. The Morgan fingerprint density at radius 2 is 1.81 bits per heavy atom. The first-order valence-electron chi connectivity index (χ1n) is 8.99. The van der Waals surface area contributed by atoms with Crippen LogP contribution in [0.3, 0.4) is 0 Å². The molecule has 0 atom stereocenters. The molecule has 0 unspecified atom stereocenters. The minimum Gasteiger partial charge on any atom is -0.337 e. The third kappa shape index (κ3) is 3.42. The van der Waals surface area contributed by atoms with Gasteiger partial charge in [-0.1, -0.05) is 0 Å². The molecule has 0 N–H and O–H groups in total. The molecule has 27 heavy (non-hydrogen) atoms. The van der Waals surface area contributed by atoms with Crippen molar-refractivity contribution in [2.24, 2.45) is 7.05 Å². The number of hydrogen-bond acceptors (Lipinski definition) is 6. The molecule has 4 heterocycles. The van der Waals surface area contributed by atoms with E-state index >= 15 is 0 Å². The maximum absolute atomic E-state index is 12.6. The summed E-state index contributed by atoms with van der Waals surface area (Å²) in [4.78, 5) is 36.2. The second-order valence-corrected chi connectivity index (χ2v) is 6.79. The first kappa shape index (κ1) is 17.3. The maximum atomic E-state index is 12.6. The zero-order valence-corrected chi connectivity index (χ0v) is 15.4. The Bertz CT molecular complexity index is 943. The van der Waals surface area contributed by atoms with Crippen molar-refractivity contribution in [3.63, 3.8) is 0 Å². The lowest BCUT2D eigenvalue weighted by Crippen LogP contribution is -2.38. The molecular formula is C19H21N7O. The number of carbonyl (C=O) groups excluding carboxylic acids is 1. The number of imidazole rings is 1. The van der Waals surface area contributed by atoms with Gasteiger partial charge in [-0.25, -0.2) is 9.97 Å². The van der Waals surface area contributed by atoms with Gasteiger partial charge in [0.2, 0.25) is 0 Å². The molecule has 0 radical (unpaired) electrons. The average molecular weight is 363 g/mol. The quantitative estimate of drug-likeness (QED) is 0.707. The average Bonchev–Trinajstić information content (AvgIpc) is 3.14. The fourth-order valence-electron chi connectivity index (χ4n) is 3.45. The third-order valence-corrected chi connectivity index (χ3v) is 4.95. The summed E-state index contributed by atoms with van der Waals surface area (Å²) in [6.45, 7) is 3.19. The molecule has 0 spiro atoms. The number of aromatic nitrogens is 6. The Labute approximate surface area is 157 Å². The fraction of sp³-hybridized carbons (Fsp3) is 0.368. The molecule has 1 amide bonds. The summed E-state index contributed by atoms with van der Waals surface area (Å²) in [6.07, 6.45) is 11.9. The van der Waals surface area contributed by atoms with Gasteiger partial charge >= 0.3 is 0 Å². The van der Waals surface area contributed by atoms with Crippen molar-refractivity contribution < 1.29 is 4.79 Å². The van der Waals surface area contributed by atoms with E-state index in [1.165, 1.54) is 0 Å². The first-order chi connectivity index (χ1) is 13.1. The molecule has 8 nitrogen and oxygen atoms in total. The van der Waals surface area contributed by atoms with Crippen LogP contribution in [0.15, 0.2) is 37.3 Å². The Kier molecular flexibility index (Phi) is 4.62. The van der Waals surface area contributed by atoms with Gasteiger partial charge in [0.05, 0.1) is 35.8 Å². The molecule has 0 saturated carbocycles. The van der Waals surface area contributed by atoms with Gasteiger partial charge in [0.1, 0.15) is 11.4 Å². The van der Waals surface area contributed by atoms with Crippen molar-refractivity contribution >= 4 is 5.91 Å². The molecule has 0 bridgehead atoms. The molecule has 0 aliphatic carbocycles. The number of hydrogen-bond donors (Lipinski definition) is 0. The van der Waals surface area contributed by atoms with E-state index in [9.17, 15) is 4.79 Å². The SMILES string of the molecule is Cc1cnc(C(=O)N2CCC(c3nccnc3-c3cncn3C)CC2)cn1. The highest BCUT2D eigenvalue weighted by atomic mass is 16.2. The van der Waals surface area contributed by atoms with Gasteiger partial charge in [-0.3, -0.25) is 19.7 Å². The molecular weight excluding hydrogens is 342 g/mol. The first-order valence-corrected chi connectivity index (χ1v) is 8.99. The highest BCUT2D eigenvalue weighted by Gasteiger charge is 2.28. The number of nitrogens with zero attached hydrogens (tertiary/aromatic N) is 7. The number of likely N-dealkylation sites (tertiary alicyclic amines) is 1. The third-order valence-electron chi connectivity index (χ3n) is 4.95. The largest absolute Gasteiger partial charge is 0.337 e. The van der Waals surface area contributed by atoms with Crippen LogP contribution in [0.2, 0.25) is 0 Å². The second kappa shape index (κ2) is 7.22. The van der Waals surface area contributed by atoms with Crippen molar-refractivity contribution in [1.82, 2.24) is 34.4 Å². The summed E-state index contributed by atoms with van der Waals surface area (Å²) in [5, 5.41) is 0. The van der Waals surface area contributed by atoms with Crippen LogP contribution in [0, 0.1) is 6.92 Å². The Hall–Kier alpha value is -3.16. The van der Waals surface area contributed by atoms with Crippen LogP contribution in [0.5, 0.6) is 0 Å². The molecule has 1 aliphatic heterocycles. The summed E-state index contributed by atoms with van der Waals surface area (Å²) in [6, 6.07) is 0. The van der Waals surface area contributed by atoms with E-state index in [-0.39, 0.29) is 11.8 Å². The fourth-order valence-corrected chi connectivity index (χ4v) is 3.45. The molecule has 8 heteroatoms. The molecule has 4 rings (SSSR count). The van der Waals surface area contributed by atoms with E-state index in [0.29, 0.717) is 18.8 Å². The van der Waals surface area contributed by atoms with Crippen LogP contribution in [-0.4, -0.2) is 53.4 Å². The van der Waals surface area contributed by atoms with Gasteiger partial charge in [-0.15, -0.1) is 0 Å². The van der Waals surface area contributed by atoms with Gasteiger partial charge in [0.25, 0.3) is 5.91 Å². The molecule has 0 aromatic carbocycles. The number of amides is 1. The number of carbonyl (C=O) groups is 1. The molecule has 1 aliphatic rings. The summed E-state index contributed by atoms with van der Waals surface area (Å²) in [7, 11) is 1.95. The maximum Gasteiger partial charge on any atom is 0.274 e. The number of rotatable bonds is 3. The minimum atomic E-state index is -0.0630. The predicted octanol–water partition coefficient (Wildman–Crippen LogP) is 2.00.